The van der Waals surface area contributed by atoms with Gasteiger partial charge in [0.05, 0.1) is 29.3 Å². The molecule has 4 aromatic rings. The highest BCUT2D eigenvalue weighted by Crippen LogP contribution is 2.26. The van der Waals surface area contributed by atoms with E-state index in [1.54, 1.807) is 36.1 Å². The van der Waals surface area contributed by atoms with E-state index < -0.39 is 0 Å². The number of halogens is 1. The number of fused-ring (bicyclic) bond motifs is 1. The summed E-state index contributed by atoms with van der Waals surface area (Å²) in [6, 6.07) is 3.98. The molecule has 0 aliphatic rings. The van der Waals surface area contributed by atoms with E-state index in [1.165, 1.54) is 4.20 Å². The molecule has 0 atom stereocenters. The van der Waals surface area contributed by atoms with Crippen LogP contribution in [0, 0.1) is 0 Å². The summed E-state index contributed by atoms with van der Waals surface area (Å²) in [4.78, 5) is 8.81. The van der Waals surface area contributed by atoms with Crippen LogP contribution in [0.5, 0.6) is 0 Å². The Morgan fingerprint density at radius 1 is 1.24 bits per heavy atom. The van der Waals surface area contributed by atoms with Crippen molar-refractivity contribution >= 4 is 39.6 Å². The van der Waals surface area contributed by atoms with Gasteiger partial charge in [-0.05, 0) is 17.5 Å². The second-order valence-corrected chi connectivity index (χ2v) is 5.63. The highest BCUT2D eigenvalue weighted by Gasteiger charge is 2.12. The zero-order chi connectivity index (χ0) is 14.2. The van der Waals surface area contributed by atoms with Crippen LogP contribution >= 0.6 is 23.1 Å². The summed E-state index contributed by atoms with van der Waals surface area (Å²) < 4.78 is 3.21. The molecule has 0 fully saturated rings. The van der Waals surface area contributed by atoms with Crippen molar-refractivity contribution in [1.29, 1.82) is 0 Å². The van der Waals surface area contributed by atoms with Crippen molar-refractivity contribution in [1.82, 2.24) is 23.7 Å². The normalized spacial score (nSPS) is 11.1. The molecule has 0 radical (unpaired) electrons. The number of hydrogen-bond acceptors (Lipinski definition) is 5. The van der Waals surface area contributed by atoms with Gasteiger partial charge >= 0.3 is 0 Å². The van der Waals surface area contributed by atoms with Crippen molar-refractivity contribution in [2.45, 2.75) is 0 Å². The topological polar surface area (TPSA) is 60.0 Å². The van der Waals surface area contributed by atoms with E-state index in [0.717, 1.165) is 21.9 Å². The standard InChI is InChI=1S/C13H9ClN6S/c14-20-8-9(6-17-20)10-7-16-13-12(15-3-4-19(10)13)18-11-2-1-5-21-11/h1-8H,(H,15,18). The summed E-state index contributed by atoms with van der Waals surface area (Å²) >= 11 is 7.42. The molecule has 0 saturated heterocycles. The summed E-state index contributed by atoms with van der Waals surface area (Å²) in [7, 11) is 0. The van der Waals surface area contributed by atoms with E-state index in [2.05, 4.69) is 20.4 Å². The third-order valence-corrected chi connectivity index (χ3v) is 4.01. The molecule has 0 amide bonds. The van der Waals surface area contributed by atoms with Crippen molar-refractivity contribution in [2.24, 2.45) is 0 Å². The molecule has 0 saturated carbocycles. The van der Waals surface area contributed by atoms with Gasteiger partial charge < -0.3 is 5.32 Å². The van der Waals surface area contributed by atoms with Crippen LogP contribution in [0.4, 0.5) is 10.8 Å². The minimum atomic E-state index is 0.712. The number of imidazole rings is 1. The SMILES string of the molecule is Cln1cc(-c2cnc3c(Nc4cccs4)nccn23)cn1. The molecule has 0 aliphatic heterocycles. The van der Waals surface area contributed by atoms with Gasteiger partial charge in [-0.3, -0.25) is 4.40 Å². The third kappa shape index (κ3) is 2.16. The van der Waals surface area contributed by atoms with Gasteiger partial charge in [-0.15, -0.1) is 11.3 Å². The molecule has 4 rings (SSSR count). The Morgan fingerprint density at radius 3 is 2.95 bits per heavy atom. The fourth-order valence-electron chi connectivity index (χ4n) is 2.12. The fourth-order valence-corrected chi connectivity index (χ4v) is 2.88. The van der Waals surface area contributed by atoms with Gasteiger partial charge in [0.15, 0.2) is 11.5 Å². The highest BCUT2D eigenvalue weighted by atomic mass is 35.5. The quantitative estimate of drug-likeness (QED) is 0.629. The number of nitrogens with zero attached hydrogens (tertiary/aromatic N) is 5. The lowest BCUT2D eigenvalue weighted by molar-refractivity contribution is 0.994. The first kappa shape index (κ1) is 12.4. The van der Waals surface area contributed by atoms with Crippen LogP contribution in [0.25, 0.3) is 16.9 Å². The van der Waals surface area contributed by atoms with Crippen LogP contribution in [0.3, 0.4) is 0 Å². The average molecular weight is 317 g/mol. The third-order valence-electron chi connectivity index (χ3n) is 3.04. The van der Waals surface area contributed by atoms with Crippen molar-refractivity contribution in [3.63, 3.8) is 0 Å². The van der Waals surface area contributed by atoms with Crippen molar-refractivity contribution in [3.05, 3.63) is 48.5 Å². The maximum atomic E-state index is 5.81. The molecular formula is C13H9ClN6S. The van der Waals surface area contributed by atoms with Crippen LogP contribution < -0.4 is 5.32 Å². The number of rotatable bonds is 3. The molecule has 0 unspecified atom stereocenters. The minimum absolute atomic E-state index is 0.712. The molecule has 6 nitrogen and oxygen atoms in total. The lowest BCUT2D eigenvalue weighted by Gasteiger charge is -2.05. The molecule has 4 aromatic heterocycles. The smallest absolute Gasteiger partial charge is 0.180 e. The minimum Gasteiger partial charge on any atom is -0.329 e. The lowest BCUT2D eigenvalue weighted by atomic mass is 10.3. The zero-order valence-corrected chi connectivity index (χ0v) is 12.2. The second-order valence-electron chi connectivity index (χ2n) is 4.33. The number of thiophene rings is 1. The monoisotopic (exact) mass is 316 g/mol. The Morgan fingerprint density at radius 2 is 2.19 bits per heavy atom. The Labute approximate surface area is 128 Å². The summed E-state index contributed by atoms with van der Waals surface area (Å²) in [6.45, 7) is 0. The molecule has 104 valence electrons. The van der Waals surface area contributed by atoms with E-state index in [0.29, 0.717) is 5.82 Å². The predicted octanol–water partition coefficient (Wildman–Crippen LogP) is 3.40. The molecule has 0 spiro atoms. The van der Waals surface area contributed by atoms with E-state index in [9.17, 15) is 0 Å². The van der Waals surface area contributed by atoms with E-state index in [1.807, 2.05) is 28.1 Å². The molecule has 0 bridgehead atoms. The maximum absolute atomic E-state index is 5.81. The Bertz CT molecular complexity index is 895. The molecule has 4 heterocycles. The van der Waals surface area contributed by atoms with Gasteiger partial charge in [-0.2, -0.15) is 9.30 Å². The van der Waals surface area contributed by atoms with Crippen molar-refractivity contribution < 1.29 is 0 Å². The summed E-state index contributed by atoms with van der Waals surface area (Å²) in [5, 5.41) is 10.3. The second kappa shape index (κ2) is 4.87. The number of hydrogen-bond donors (Lipinski definition) is 1. The lowest BCUT2D eigenvalue weighted by Crippen LogP contribution is -1.97. The summed E-state index contributed by atoms with van der Waals surface area (Å²) in [5.41, 5.74) is 2.56. The van der Waals surface area contributed by atoms with Gasteiger partial charge in [0, 0.05) is 29.7 Å². The van der Waals surface area contributed by atoms with Crippen LogP contribution in [-0.2, 0) is 0 Å². The molecule has 1 N–H and O–H groups in total. The van der Waals surface area contributed by atoms with E-state index in [4.69, 9.17) is 11.8 Å². The first-order valence-corrected chi connectivity index (χ1v) is 7.37. The van der Waals surface area contributed by atoms with Crippen molar-refractivity contribution in [3.8, 4) is 11.3 Å². The fraction of sp³-hybridized carbons (Fsp3) is 0. The van der Waals surface area contributed by atoms with Crippen LogP contribution in [0.15, 0.2) is 48.5 Å². The first-order valence-electron chi connectivity index (χ1n) is 6.15. The first-order chi connectivity index (χ1) is 10.3. The van der Waals surface area contributed by atoms with Crippen molar-refractivity contribution in [2.75, 3.05) is 5.32 Å². The average Bonchev–Trinajstić information content (AvgIpc) is 3.18. The Balaban J connectivity index is 1.82. The van der Waals surface area contributed by atoms with Crippen LogP contribution in [0.2, 0.25) is 0 Å². The maximum Gasteiger partial charge on any atom is 0.180 e. The van der Waals surface area contributed by atoms with Gasteiger partial charge in [0.25, 0.3) is 0 Å². The molecule has 0 aliphatic carbocycles. The van der Waals surface area contributed by atoms with Gasteiger partial charge in [-0.25, -0.2) is 9.97 Å². The molecule has 8 heteroatoms. The number of aromatic nitrogens is 5. The van der Waals surface area contributed by atoms with Crippen LogP contribution in [-0.4, -0.2) is 23.7 Å². The Kier molecular flexibility index (Phi) is 2.87. The Hall–Kier alpha value is -2.38. The zero-order valence-electron chi connectivity index (χ0n) is 10.6. The van der Waals surface area contributed by atoms with E-state index >= 15 is 0 Å². The van der Waals surface area contributed by atoms with Crippen LogP contribution in [0.1, 0.15) is 0 Å². The molecule has 21 heavy (non-hydrogen) atoms. The molecule has 0 aromatic carbocycles. The number of anilines is 2. The largest absolute Gasteiger partial charge is 0.329 e. The summed E-state index contributed by atoms with van der Waals surface area (Å²) in [5.74, 6) is 0.712. The summed E-state index contributed by atoms with van der Waals surface area (Å²) in [6.07, 6.45) is 8.81. The van der Waals surface area contributed by atoms with Gasteiger partial charge in [0.2, 0.25) is 0 Å². The number of nitrogens with one attached hydrogen (secondary N) is 1. The van der Waals surface area contributed by atoms with E-state index in [-0.39, 0.29) is 0 Å². The predicted molar refractivity (Wildman–Crippen MR) is 83.1 cm³/mol. The van der Waals surface area contributed by atoms with Gasteiger partial charge in [-0.1, -0.05) is 0 Å². The molecular weight excluding hydrogens is 308 g/mol. The van der Waals surface area contributed by atoms with Gasteiger partial charge in [0.1, 0.15) is 0 Å². The highest BCUT2D eigenvalue weighted by molar-refractivity contribution is 7.14.